The molecule has 1 aliphatic rings. The summed E-state index contributed by atoms with van der Waals surface area (Å²) in [5.41, 5.74) is 2.79. The maximum atomic E-state index is 11.3. The minimum atomic E-state index is -3.40. The van der Waals surface area contributed by atoms with Crippen LogP contribution >= 0.6 is 22.0 Å². The highest BCUT2D eigenvalue weighted by Crippen LogP contribution is 2.49. The second-order valence-corrected chi connectivity index (χ2v) is 7.88. The molecule has 1 aromatic heterocycles. The lowest BCUT2D eigenvalue weighted by Crippen LogP contribution is -2.18. The predicted octanol–water partition coefficient (Wildman–Crippen LogP) is 2.49. The number of hydrogen-bond donors (Lipinski definition) is 0. The standard InChI is InChI=1S/C9H12ClNO2S2/c1-7-8(14-6-11-7)2-3-9(4-5-9)15(10,12)13/h6H,2-5H2,1H3. The molecule has 0 bridgehead atoms. The van der Waals surface area contributed by atoms with Gasteiger partial charge in [-0.3, -0.25) is 0 Å². The van der Waals surface area contributed by atoms with Gasteiger partial charge in [0.25, 0.3) is 0 Å². The topological polar surface area (TPSA) is 47.0 Å². The van der Waals surface area contributed by atoms with Crippen molar-refractivity contribution in [2.24, 2.45) is 0 Å². The molecule has 0 spiro atoms. The maximum Gasteiger partial charge on any atom is 0.238 e. The second kappa shape index (κ2) is 3.71. The summed E-state index contributed by atoms with van der Waals surface area (Å²) in [6.45, 7) is 1.95. The predicted molar refractivity (Wildman–Crippen MR) is 61.9 cm³/mol. The van der Waals surface area contributed by atoms with Crippen molar-refractivity contribution in [3.63, 3.8) is 0 Å². The Morgan fingerprint density at radius 1 is 1.60 bits per heavy atom. The second-order valence-electron chi connectivity index (χ2n) is 3.98. The molecule has 1 fully saturated rings. The van der Waals surface area contributed by atoms with E-state index in [1.807, 2.05) is 6.92 Å². The minimum absolute atomic E-state index is 0.627. The number of nitrogens with zero attached hydrogens (tertiary/aromatic N) is 1. The summed E-state index contributed by atoms with van der Waals surface area (Å²) in [5.74, 6) is 0. The summed E-state index contributed by atoms with van der Waals surface area (Å²) < 4.78 is 22.0. The van der Waals surface area contributed by atoms with Gasteiger partial charge in [-0.05, 0) is 32.6 Å². The minimum Gasteiger partial charge on any atom is -0.250 e. The van der Waals surface area contributed by atoms with Gasteiger partial charge in [0.2, 0.25) is 9.05 Å². The molecule has 3 nitrogen and oxygen atoms in total. The molecule has 0 aliphatic heterocycles. The van der Waals surface area contributed by atoms with Crippen molar-refractivity contribution in [2.45, 2.75) is 37.4 Å². The summed E-state index contributed by atoms with van der Waals surface area (Å²) in [5, 5.41) is 0. The highest BCUT2D eigenvalue weighted by Gasteiger charge is 2.53. The molecule has 0 unspecified atom stereocenters. The fourth-order valence-electron chi connectivity index (χ4n) is 1.66. The van der Waals surface area contributed by atoms with Crippen molar-refractivity contribution in [3.05, 3.63) is 16.1 Å². The van der Waals surface area contributed by atoms with Crippen molar-refractivity contribution >= 4 is 31.1 Å². The Labute approximate surface area is 97.9 Å². The van der Waals surface area contributed by atoms with Crippen molar-refractivity contribution < 1.29 is 8.42 Å². The van der Waals surface area contributed by atoms with Crippen LogP contribution in [0.1, 0.15) is 29.8 Å². The Bertz CT molecular complexity index is 462. The van der Waals surface area contributed by atoms with Gasteiger partial charge < -0.3 is 0 Å². The van der Waals surface area contributed by atoms with E-state index >= 15 is 0 Å². The van der Waals surface area contributed by atoms with Crippen molar-refractivity contribution in [1.82, 2.24) is 4.98 Å². The Balaban J connectivity index is 2.04. The SMILES string of the molecule is Cc1ncsc1CCC1(S(=O)(=O)Cl)CC1. The van der Waals surface area contributed by atoms with Gasteiger partial charge in [-0.15, -0.1) is 11.3 Å². The van der Waals surface area contributed by atoms with E-state index in [-0.39, 0.29) is 0 Å². The van der Waals surface area contributed by atoms with Gasteiger partial charge >= 0.3 is 0 Å². The van der Waals surface area contributed by atoms with Crippen LogP contribution in [0.2, 0.25) is 0 Å². The first kappa shape index (κ1) is 11.4. The van der Waals surface area contributed by atoms with Crippen LogP contribution in [0.3, 0.4) is 0 Å². The van der Waals surface area contributed by atoms with E-state index < -0.39 is 13.8 Å². The average Bonchev–Trinajstić information content (AvgIpc) is 2.82. The average molecular weight is 266 g/mol. The van der Waals surface area contributed by atoms with Crippen molar-refractivity contribution in [2.75, 3.05) is 0 Å². The van der Waals surface area contributed by atoms with Gasteiger partial charge in [0.1, 0.15) is 0 Å². The Kier molecular flexibility index (Phi) is 2.81. The van der Waals surface area contributed by atoms with Crippen LogP contribution < -0.4 is 0 Å². The molecule has 0 aromatic carbocycles. The van der Waals surface area contributed by atoms with E-state index in [4.69, 9.17) is 10.7 Å². The van der Waals surface area contributed by atoms with E-state index in [1.54, 1.807) is 16.8 Å². The largest absolute Gasteiger partial charge is 0.250 e. The first-order valence-electron chi connectivity index (χ1n) is 4.78. The highest BCUT2D eigenvalue weighted by atomic mass is 35.7. The smallest absolute Gasteiger partial charge is 0.238 e. The number of thiazole rings is 1. The third-order valence-electron chi connectivity index (χ3n) is 2.98. The van der Waals surface area contributed by atoms with E-state index in [2.05, 4.69) is 4.98 Å². The highest BCUT2D eigenvalue weighted by molar-refractivity contribution is 8.15. The maximum absolute atomic E-state index is 11.3. The molecule has 0 N–H and O–H groups in total. The molecule has 6 heteroatoms. The van der Waals surface area contributed by atoms with E-state index in [9.17, 15) is 8.42 Å². The van der Waals surface area contributed by atoms with Gasteiger partial charge in [0.05, 0.1) is 16.0 Å². The van der Waals surface area contributed by atoms with Gasteiger partial charge in [0, 0.05) is 15.6 Å². The Morgan fingerprint density at radius 2 is 2.27 bits per heavy atom. The number of aryl methyl sites for hydroxylation is 2. The molecular weight excluding hydrogens is 254 g/mol. The quantitative estimate of drug-likeness (QED) is 0.786. The lowest BCUT2D eigenvalue weighted by molar-refractivity contribution is 0.582. The fourth-order valence-corrected chi connectivity index (χ4v) is 4.07. The van der Waals surface area contributed by atoms with Crippen LogP contribution in [0.4, 0.5) is 0 Å². The zero-order valence-electron chi connectivity index (χ0n) is 8.36. The van der Waals surface area contributed by atoms with Crippen LogP contribution in [0, 0.1) is 6.92 Å². The van der Waals surface area contributed by atoms with Crippen molar-refractivity contribution in [1.29, 1.82) is 0 Å². The number of rotatable bonds is 4. The van der Waals surface area contributed by atoms with Crippen LogP contribution in [0.15, 0.2) is 5.51 Å². The summed E-state index contributed by atoms with van der Waals surface area (Å²) >= 11 is 1.58. The fraction of sp³-hybridized carbons (Fsp3) is 0.667. The molecule has 84 valence electrons. The number of halogens is 1. The first-order valence-corrected chi connectivity index (χ1v) is 7.97. The zero-order valence-corrected chi connectivity index (χ0v) is 10.8. The molecular formula is C9H12ClNO2S2. The Hall–Kier alpha value is -0.130. The molecule has 0 saturated heterocycles. The van der Waals surface area contributed by atoms with E-state index in [0.717, 1.165) is 12.1 Å². The lowest BCUT2D eigenvalue weighted by atomic mass is 10.2. The van der Waals surface area contributed by atoms with Crippen LogP contribution in [-0.4, -0.2) is 18.1 Å². The number of aromatic nitrogens is 1. The number of hydrogen-bond acceptors (Lipinski definition) is 4. The third kappa shape index (κ3) is 2.19. The summed E-state index contributed by atoms with van der Waals surface area (Å²) in [7, 11) is 2.03. The van der Waals surface area contributed by atoms with Crippen LogP contribution in [0.5, 0.6) is 0 Å². The van der Waals surface area contributed by atoms with Crippen LogP contribution in [0.25, 0.3) is 0 Å². The van der Waals surface area contributed by atoms with Gasteiger partial charge in [0.15, 0.2) is 0 Å². The first-order chi connectivity index (χ1) is 6.95. The van der Waals surface area contributed by atoms with Gasteiger partial charge in [-0.25, -0.2) is 13.4 Å². The molecule has 1 aliphatic carbocycles. The molecule has 1 aromatic rings. The summed E-state index contributed by atoms with van der Waals surface area (Å²) in [6.07, 6.45) is 2.80. The molecule has 0 atom stereocenters. The molecule has 15 heavy (non-hydrogen) atoms. The summed E-state index contributed by atoms with van der Waals surface area (Å²) in [6, 6.07) is 0. The van der Waals surface area contributed by atoms with Gasteiger partial charge in [-0.1, -0.05) is 0 Å². The molecule has 0 amide bonds. The monoisotopic (exact) mass is 265 g/mol. The lowest BCUT2D eigenvalue weighted by Gasteiger charge is -2.09. The molecule has 2 rings (SSSR count). The van der Waals surface area contributed by atoms with E-state index in [0.29, 0.717) is 19.3 Å². The van der Waals surface area contributed by atoms with Gasteiger partial charge in [-0.2, -0.15) is 0 Å². The van der Waals surface area contributed by atoms with Crippen molar-refractivity contribution in [3.8, 4) is 0 Å². The zero-order chi connectivity index (χ0) is 11.1. The molecule has 1 saturated carbocycles. The molecule has 0 radical (unpaired) electrons. The van der Waals surface area contributed by atoms with E-state index in [1.165, 1.54) is 4.88 Å². The summed E-state index contributed by atoms with van der Waals surface area (Å²) in [4.78, 5) is 5.30. The molecule has 1 heterocycles. The Morgan fingerprint density at radius 3 is 2.67 bits per heavy atom. The van der Waals surface area contributed by atoms with Crippen LogP contribution in [-0.2, 0) is 15.5 Å². The third-order valence-corrected chi connectivity index (χ3v) is 6.60. The normalized spacial score (nSPS) is 19.1.